The van der Waals surface area contributed by atoms with Crippen molar-refractivity contribution in [1.82, 2.24) is 19.7 Å². The maximum absolute atomic E-state index is 12.8. The summed E-state index contributed by atoms with van der Waals surface area (Å²) in [5.74, 6) is 1.33. The lowest BCUT2D eigenvalue weighted by Gasteiger charge is -2.13. The van der Waals surface area contributed by atoms with Crippen LogP contribution in [0.3, 0.4) is 0 Å². The van der Waals surface area contributed by atoms with E-state index in [1.807, 2.05) is 73.0 Å². The van der Waals surface area contributed by atoms with Crippen LogP contribution in [0.15, 0.2) is 71.2 Å². The number of thiazole rings is 1. The molecule has 2 heterocycles. The minimum absolute atomic E-state index is 0.102. The second-order valence-electron chi connectivity index (χ2n) is 7.44. The summed E-state index contributed by atoms with van der Waals surface area (Å²) in [4.78, 5) is 17.4. The largest absolute Gasteiger partial charge is 0.301 e. The molecule has 6 nitrogen and oxygen atoms in total. The molecule has 0 saturated heterocycles. The van der Waals surface area contributed by atoms with Crippen molar-refractivity contribution in [1.29, 1.82) is 0 Å². The van der Waals surface area contributed by atoms with Gasteiger partial charge >= 0.3 is 0 Å². The third-order valence-electron chi connectivity index (χ3n) is 5.07. The monoisotopic (exact) mass is 447 g/mol. The number of carbonyl (C=O) groups is 1. The lowest BCUT2D eigenvalue weighted by molar-refractivity contribution is -0.115. The van der Waals surface area contributed by atoms with Gasteiger partial charge in [-0.1, -0.05) is 60.3 Å². The summed E-state index contributed by atoms with van der Waals surface area (Å²) in [5.41, 5.74) is 2.92. The van der Waals surface area contributed by atoms with E-state index in [1.165, 1.54) is 23.1 Å². The summed E-state index contributed by atoms with van der Waals surface area (Å²) in [6.45, 7) is 1.88. The summed E-state index contributed by atoms with van der Waals surface area (Å²) in [5, 5.41) is 14.7. The summed E-state index contributed by atoms with van der Waals surface area (Å²) < 4.78 is 2.09. The number of nitrogens with one attached hydrogen (secondary N) is 1. The minimum atomic E-state index is -0.345. The van der Waals surface area contributed by atoms with Gasteiger partial charge in [-0.25, -0.2) is 4.98 Å². The molecule has 1 N–H and O–H groups in total. The van der Waals surface area contributed by atoms with E-state index in [-0.39, 0.29) is 11.2 Å². The Bertz CT molecular complexity index is 1190. The zero-order valence-corrected chi connectivity index (χ0v) is 18.6. The Morgan fingerprint density at radius 2 is 1.81 bits per heavy atom. The van der Waals surface area contributed by atoms with E-state index in [9.17, 15) is 4.79 Å². The number of para-hydroxylation sites is 1. The van der Waals surface area contributed by atoms with Gasteiger partial charge in [-0.15, -0.1) is 21.5 Å². The van der Waals surface area contributed by atoms with Gasteiger partial charge in [0.05, 0.1) is 10.9 Å². The number of amides is 1. The number of anilines is 1. The predicted octanol–water partition coefficient (Wildman–Crippen LogP) is 5.39. The normalized spacial score (nSPS) is 14.4. The lowest BCUT2D eigenvalue weighted by atomic mass is 10.2. The third kappa shape index (κ3) is 4.40. The average Bonchev–Trinajstić information content (AvgIpc) is 3.40. The van der Waals surface area contributed by atoms with Gasteiger partial charge in [0, 0.05) is 22.5 Å². The van der Waals surface area contributed by atoms with Crippen molar-refractivity contribution in [2.24, 2.45) is 0 Å². The Balaban J connectivity index is 1.31. The van der Waals surface area contributed by atoms with Crippen molar-refractivity contribution >= 4 is 34.1 Å². The Labute approximate surface area is 188 Å². The second kappa shape index (κ2) is 8.64. The predicted molar refractivity (Wildman–Crippen MR) is 125 cm³/mol. The van der Waals surface area contributed by atoms with Crippen molar-refractivity contribution in [3.8, 4) is 16.9 Å². The Hall–Kier alpha value is -2.97. The number of carbonyl (C=O) groups excluding carboxylic acids is 1. The van der Waals surface area contributed by atoms with Crippen LogP contribution < -0.4 is 5.32 Å². The minimum Gasteiger partial charge on any atom is -0.301 e. The van der Waals surface area contributed by atoms with E-state index in [2.05, 4.69) is 25.1 Å². The topological polar surface area (TPSA) is 72.7 Å². The molecule has 1 aliphatic carbocycles. The van der Waals surface area contributed by atoms with E-state index in [1.54, 1.807) is 0 Å². The van der Waals surface area contributed by atoms with Crippen LogP contribution in [-0.4, -0.2) is 30.9 Å². The molecular formula is C23H21N5OS2. The van der Waals surface area contributed by atoms with Crippen LogP contribution in [0, 0.1) is 0 Å². The third-order valence-corrected chi connectivity index (χ3v) is 6.87. The second-order valence-corrected chi connectivity index (χ2v) is 9.61. The van der Waals surface area contributed by atoms with Gasteiger partial charge in [0.1, 0.15) is 5.82 Å². The van der Waals surface area contributed by atoms with Crippen LogP contribution in [0.25, 0.3) is 16.9 Å². The highest BCUT2D eigenvalue weighted by atomic mass is 32.2. The molecule has 0 bridgehead atoms. The first-order chi connectivity index (χ1) is 15.2. The Kier molecular flexibility index (Phi) is 5.57. The number of thioether (sulfide) groups is 1. The molecule has 0 radical (unpaired) electrons. The van der Waals surface area contributed by atoms with Crippen LogP contribution in [0.2, 0.25) is 0 Å². The van der Waals surface area contributed by atoms with Crippen molar-refractivity contribution in [2.75, 3.05) is 5.32 Å². The number of nitrogens with zero attached hydrogens (tertiary/aromatic N) is 4. The molecule has 4 aromatic rings. The number of hydrogen-bond donors (Lipinski definition) is 1. The van der Waals surface area contributed by atoms with Crippen LogP contribution >= 0.6 is 23.1 Å². The number of aromatic nitrogens is 4. The van der Waals surface area contributed by atoms with Gasteiger partial charge in [0.25, 0.3) is 0 Å². The molecule has 156 valence electrons. The maximum Gasteiger partial charge on any atom is 0.239 e. The fourth-order valence-corrected chi connectivity index (χ4v) is 4.87. The van der Waals surface area contributed by atoms with Crippen LogP contribution in [0.5, 0.6) is 0 Å². The summed E-state index contributed by atoms with van der Waals surface area (Å²) >= 11 is 2.84. The fraction of sp³-hybridized carbons (Fsp3) is 0.217. The summed E-state index contributed by atoms with van der Waals surface area (Å²) in [6.07, 6.45) is 2.28. The molecule has 1 fully saturated rings. The van der Waals surface area contributed by atoms with Gasteiger partial charge in [-0.2, -0.15) is 0 Å². The molecular weight excluding hydrogens is 426 g/mol. The van der Waals surface area contributed by atoms with Crippen LogP contribution in [-0.2, 0) is 4.79 Å². The molecule has 2 aromatic heterocycles. The van der Waals surface area contributed by atoms with Gasteiger partial charge in [-0.3, -0.25) is 9.36 Å². The van der Waals surface area contributed by atoms with E-state index >= 15 is 0 Å². The molecule has 1 atom stereocenters. The summed E-state index contributed by atoms with van der Waals surface area (Å²) in [6, 6.07) is 20.0. The highest BCUT2D eigenvalue weighted by molar-refractivity contribution is 8.00. The SMILES string of the molecule is C[C@@H](Sc1nnc(C2CC2)n1-c1ccccc1)C(=O)Nc1nc(-c2ccccc2)cs1. The molecule has 1 amide bonds. The zero-order valence-electron chi connectivity index (χ0n) is 16.9. The molecule has 1 aliphatic rings. The molecule has 0 unspecified atom stereocenters. The van der Waals surface area contributed by atoms with Gasteiger partial charge < -0.3 is 5.32 Å². The molecule has 2 aromatic carbocycles. The zero-order chi connectivity index (χ0) is 21.2. The van der Waals surface area contributed by atoms with E-state index in [0.29, 0.717) is 11.0 Å². The van der Waals surface area contributed by atoms with E-state index < -0.39 is 0 Å². The first-order valence-corrected chi connectivity index (χ1v) is 11.9. The number of hydrogen-bond acceptors (Lipinski definition) is 6. The van der Waals surface area contributed by atoms with Crippen LogP contribution in [0.4, 0.5) is 5.13 Å². The average molecular weight is 448 g/mol. The van der Waals surface area contributed by atoms with Crippen molar-refractivity contribution in [3.05, 3.63) is 71.9 Å². The van der Waals surface area contributed by atoms with Gasteiger partial charge in [0.15, 0.2) is 10.3 Å². The van der Waals surface area contributed by atoms with Gasteiger partial charge in [-0.05, 0) is 31.9 Å². The molecule has 0 spiro atoms. The quantitative estimate of drug-likeness (QED) is 0.385. The molecule has 31 heavy (non-hydrogen) atoms. The van der Waals surface area contributed by atoms with Gasteiger partial charge in [0.2, 0.25) is 5.91 Å². The van der Waals surface area contributed by atoms with Crippen LogP contribution in [0.1, 0.15) is 31.5 Å². The highest BCUT2D eigenvalue weighted by Gasteiger charge is 2.32. The molecule has 5 rings (SSSR count). The standard InChI is InChI=1S/C23H21N5OS2/c1-15(21(29)25-22-24-19(14-30-22)16-8-4-2-5-9-16)31-23-27-26-20(17-12-13-17)28(23)18-10-6-3-7-11-18/h2-11,14-15,17H,12-13H2,1H3,(H,24,25,29)/t15-/m1/s1. The van der Waals surface area contributed by atoms with E-state index in [4.69, 9.17) is 0 Å². The Morgan fingerprint density at radius 3 is 2.52 bits per heavy atom. The van der Waals surface area contributed by atoms with Crippen molar-refractivity contribution in [2.45, 2.75) is 36.1 Å². The van der Waals surface area contributed by atoms with Crippen molar-refractivity contribution < 1.29 is 4.79 Å². The van der Waals surface area contributed by atoms with Crippen molar-refractivity contribution in [3.63, 3.8) is 0 Å². The fourth-order valence-electron chi connectivity index (χ4n) is 3.27. The first-order valence-electron chi connectivity index (χ1n) is 10.2. The molecule has 0 aliphatic heterocycles. The molecule has 8 heteroatoms. The molecule has 1 saturated carbocycles. The number of benzene rings is 2. The lowest BCUT2D eigenvalue weighted by Crippen LogP contribution is -2.22. The smallest absolute Gasteiger partial charge is 0.239 e. The van der Waals surface area contributed by atoms with E-state index in [0.717, 1.165) is 40.8 Å². The Morgan fingerprint density at radius 1 is 1.10 bits per heavy atom. The summed E-state index contributed by atoms with van der Waals surface area (Å²) in [7, 11) is 0. The first kappa shape index (κ1) is 20.0. The highest BCUT2D eigenvalue weighted by Crippen LogP contribution is 2.41. The maximum atomic E-state index is 12.8. The number of rotatable bonds is 7.